The molecule has 0 radical (unpaired) electrons. The van der Waals surface area contributed by atoms with Gasteiger partial charge < -0.3 is 9.84 Å². The van der Waals surface area contributed by atoms with Crippen molar-refractivity contribution in [2.75, 3.05) is 7.11 Å². The smallest absolute Gasteiger partial charge is 0.266 e. The Morgan fingerprint density at radius 3 is 2.92 bits per heavy atom. The van der Waals surface area contributed by atoms with E-state index in [4.69, 9.17) is 4.74 Å². The van der Waals surface area contributed by atoms with Crippen molar-refractivity contribution < 1.29 is 18.6 Å². The van der Waals surface area contributed by atoms with E-state index < -0.39 is 11.5 Å². The second-order valence-corrected chi connectivity index (χ2v) is 7.76. The number of aryl methyl sites for hydroxylation is 1. The first-order valence-corrected chi connectivity index (χ1v) is 8.92. The van der Waals surface area contributed by atoms with Gasteiger partial charge in [0.05, 0.1) is 6.10 Å². The van der Waals surface area contributed by atoms with Crippen molar-refractivity contribution >= 4 is 0 Å². The Hall–Kier alpha value is -1.42. The summed E-state index contributed by atoms with van der Waals surface area (Å²) in [5.41, 5.74) is 2.05. The van der Waals surface area contributed by atoms with Gasteiger partial charge in [0, 0.05) is 13.0 Å². The van der Waals surface area contributed by atoms with Crippen LogP contribution in [0.25, 0.3) is 0 Å². The molecule has 0 saturated heterocycles. The highest BCUT2D eigenvalue weighted by atomic mass is 19.3. The van der Waals surface area contributed by atoms with E-state index in [0.717, 1.165) is 32.1 Å². The van der Waals surface area contributed by atoms with Crippen molar-refractivity contribution in [2.45, 2.75) is 50.5 Å². The third-order valence-electron chi connectivity index (χ3n) is 6.79. The number of hydrogen-bond acceptors (Lipinski definition) is 2. The second-order valence-electron chi connectivity index (χ2n) is 7.76. The minimum atomic E-state index is -1.55. The number of phenols is 1. The lowest BCUT2D eigenvalue weighted by atomic mass is 9.54. The van der Waals surface area contributed by atoms with Gasteiger partial charge >= 0.3 is 0 Å². The molecule has 4 heteroatoms. The van der Waals surface area contributed by atoms with Gasteiger partial charge in [-0.2, -0.15) is 8.78 Å². The molecule has 4 rings (SSSR count). The molecule has 1 N–H and O–H groups in total. The number of allylic oxidation sites excluding steroid dienone is 1. The van der Waals surface area contributed by atoms with Crippen LogP contribution in [0.2, 0.25) is 0 Å². The predicted molar refractivity (Wildman–Crippen MR) is 88.1 cm³/mol. The Morgan fingerprint density at radius 1 is 1.33 bits per heavy atom. The average Bonchev–Trinajstić information content (AvgIpc) is 2.95. The van der Waals surface area contributed by atoms with Gasteiger partial charge in [0.1, 0.15) is 5.75 Å². The first-order chi connectivity index (χ1) is 11.5. The predicted octanol–water partition coefficient (Wildman–Crippen LogP) is 5.02. The van der Waals surface area contributed by atoms with Gasteiger partial charge in [-0.1, -0.05) is 12.5 Å². The van der Waals surface area contributed by atoms with E-state index in [1.54, 1.807) is 13.2 Å². The van der Waals surface area contributed by atoms with E-state index in [2.05, 4.69) is 0 Å². The van der Waals surface area contributed by atoms with Crippen LogP contribution in [0.1, 0.15) is 49.1 Å². The Kier molecular flexibility index (Phi) is 3.91. The fraction of sp³-hybridized carbons (Fsp3) is 0.600. The highest BCUT2D eigenvalue weighted by Gasteiger charge is 2.55. The van der Waals surface area contributed by atoms with Crippen LogP contribution in [0.4, 0.5) is 8.78 Å². The molecule has 3 aliphatic rings. The molecule has 2 fully saturated rings. The highest BCUT2D eigenvalue weighted by Crippen LogP contribution is 2.62. The Bertz CT molecular complexity index is 668. The van der Waals surface area contributed by atoms with Gasteiger partial charge in [0.2, 0.25) is 0 Å². The number of halogens is 2. The summed E-state index contributed by atoms with van der Waals surface area (Å²) in [5.74, 6) is 1.26. The highest BCUT2D eigenvalue weighted by molar-refractivity contribution is 5.41. The van der Waals surface area contributed by atoms with E-state index in [-0.39, 0.29) is 12.0 Å². The molecule has 2 nitrogen and oxygen atoms in total. The molecule has 0 amide bonds. The minimum absolute atomic E-state index is 0.0384. The normalized spacial score (nSPS) is 37.3. The fourth-order valence-electron chi connectivity index (χ4n) is 6.00. The number of fused-ring (bicyclic) bond motifs is 5. The van der Waals surface area contributed by atoms with Crippen LogP contribution in [0, 0.1) is 17.3 Å². The summed E-state index contributed by atoms with van der Waals surface area (Å²) < 4.78 is 32.2. The lowest BCUT2D eigenvalue weighted by Crippen LogP contribution is -2.48. The Balaban J connectivity index is 1.78. The standard InChI is InChI=1S/C20H24F2O2/c1-24-17-10-20(11-18(21)22)8-2-3-16(20)15-6-4-12-9-13(23)5-7-14(12)19(15)17/h5,7,9,11,15-17,19,23H,2-4,6,8,10H2,1H3/t15-,16-,17-,19+,20-/m0/s1. The number of rotatable bonds is 2. The quantitative estimate of drug-likeness (QED) is 0.822. The van der Waals surface area contributed by atoms with Crippen LogP contribution in [-0.2, 0) is 11.2 Å². The van der Waals surface area contributed by atoms with Gasteiger partial charge in [-0.3, -0.25) is 0 Å². The molecule has 130 valence electrons. The Morgan fingerprint density at radius 2 is 2.17 bits per heavy atom. The first-order valence-electron chi connectivity index (χ1n) is 8.92. The molecule has 0 unspecified atom stereocenters. The van der Waals surface area contributed by atoms with Crippen molar-refractivity contribution in [3.8, 4) is 5.75 Å². The summed E-state index contributed by atoms with van der Waals surface area (Å²) in [6.07, 6.45) is 5.16. The van der Waals surface area contributed by atoms with Crippen LogP contribution < -0.4 is 0 Å². The molecule has 1 aromatic carbocycles. The number of benzene rings is 1. The number of ether oxygens (including phenoxy) is 1. The molecule has 0 bridgehead atoms. The molecule has 0 spiro atoms. The molecule has 5 atom stereocenters. The molecule has 24 heavy (non-hydrogen) atoms. The van der Waals surface area contributed by atoms with E-state index in [1.807, 2.05) is 12.1 Å². The summed E-state index contributed by atoms with van der Waals surface area (Å²) in [6.45, 7) is 0. The van der Waals surface area contributed by atoms with Crippen molar-refractivity contribution in [3.63, 3.8) is 0 Å². The zero-order valence-corrected chi connectivity index (χ0v) is 14.0. The SMILES string of the molecule is CO[C@H]1C[C@]2(C=C(F)F)CCC[C@H]2[C@@H]2CCc3cc(O)ccc3[C@H]21. The van der Waals surface area contributed by atoms with E-state index in [1.165, 1.54) is 17.2 Å². The molecular formula is C20H24F2O2. The maximum Gasteiger partial charge on any atom is 0.266 e. The van der Waals surface area contributed by atoms with E-state index in [0.29, 0.717) is 24.0 Å². The maximum atomic E-state index is 13.2. The van der Waals surface area contributed by atoms with Crippen molar-refractivity contribution in [3.05, 3.63) is 41.5 Å². The summed E-state index contributed by atoms with van der Waals surface area (Å²) in [4.78, 5) is 0. The van der Waals surface area contributed by atoms with Gasteiger partial charge in [-0.05, 0) is 78.7 Å². The zero-order chi connectivity index (χ0) is 16.9. The number of methoxy groups -OCH3 is 1. The lowest BCUT2D eigenvalue weighted by Gasteiger charge is -2.52. The van der Waals surface area contributed by atoms with Crippen LogP contribution in [0.3, 0.4) is 0 Å². The number of phenolic OH excluding ortho intramolecular Hbond substituents is 1. The lowest BCUT2D eigenvalue weighted by molar-refractivity contribution is -0.0477. The molecule has 0 aromatic heterocycles. The topological polar surface area (TPSA) is 29.5 Å². The van der Waals surface area contributed by atoms with Crippen LogP contribution in [0.5, 0.6) is 5.75 Å². The molecule has 0 aliphatic heterocycles. The largest absolute Gasteiger partial charge is 0.508 e. The minimum Gasteiger partial charge on any atom is -0.508 e. The number of hydrogen-bond donors (Lipinski definition) is 1. The zero-order valence-electron chi connectivity index (χ0n) is 14.0. The van der Waals surface area contributed by atoms with Crippen LogP contribution in [-0.4, -0.2) is 18.3 Å². The molecule has 2 saturated carbocycles. The molecular weight excluding hydrogens is 310 g/mol. The van der Waals surface area contributed by atoms with Gasteiger partial charge in [0.25, 0.3) is 6.08 Å². The van der Waals surface area contributed by atoms with Gasteiger partial charge in [0.15, 0.2) is 0 Å². The summed E-state index contributed by atoms with van der Waals surface area (Å²) in [6, 6.07) is 5.61. The van der Waals surface area contributed by atoms with Gasteiger partial charge in [-0.25, -0.2) is 0 Å². The number of aromatic hydroxyl groups is 1. The average molecular weight is 334 g/mol. The molecule has 0 heterocycles. The monoisotopic (exact) mass is 334 g/mol. The third-order valence-corrected chi connectivity index (χ3v) is 6.79. The third kappa shape index (κ3) is 2.38. The summed E-state index contributed by atoms with van der Waals surface area (Å²) >= 11 is 0. The molecule has 3 aliphatic carbocycles. The fourth-order valence-corrected chi connectivity index (χ4v) is 6.00. The molecule has 1 aromatic rings. The van der Waals surface area contributed by atoms with Crippen molar-refractivity contribution in [1.29, 1.82) is 0 Å². The van der Waals surface area contributed by atoms with Crippen molar-refractivity contribution in [1.82, 2.24) is 0 Å². The maximum absolute atomic E-state index is 13.2. The summed E-state index contributed by atoms with van der Waals surface area (Å²) in [7, 11) is 1.70. The first kappa shape index (κ1) is 16.1. The van der Waals surface area contributed by atoms with Crippen molar-refractivity contribution in [2.24, 2.45) is 17.3 Å². The van der Waals surface area contributed by atoms with Crippen LogP contribution in [0.15, 0.2) is 30.4 Å². The Labute approximate surface area is 141 Å². The second kappa shape index (κ2) is 5.83. The van der Waals surface area contributed by atoms with E-state index >= 15 is 0 Å². The summed E-state index contributed by atoms with van der Waals surface area (Å²) in [5, 5.41) is 9.78. The van der Waals surface area contributed by atoms with Crippen LogP contribution >= 0.6 is 0 Å². The van der Waals surface area contributed by atoms with E-state index in [9.17, 15) is 13.9 Å². The van der Waals surface area contributed by atoms with Gasteiger partial charge in [-0.15, -0.1) is 0 Å².